The lowest BCUT2D eigenvalue weighted by Crippen LogP contribution is -2.02. The van der Waals surface area contributed by atoms with E-state index in [4.69, 9.17) is 22.6 Å². The topological polar surface area (TPSA) is 49.8 Å². The summed E-state index contributed by atoms with van der Waals surface area (Å²) in [7, 11) is 0. The van der Waals surface area contributed by atoms with Crippen molar-refractivity contribution >= 4 is 17.3 Å². The highest BCUT2D eigenvalue weighted by Gasteiger charge is 2.15. The molecule has 0 fully saturated rings. The molecule has 1 rings (SSSR count). The van der Waals surface area contributed by atoms with Gasteiger partial charge >= 0.3 is 0 Å². The number of nitrogen functional groups attached to an aromatic ring is 1. The maximum Gasteiger partial charge on any atom is 0.102 e. The van der Waals surface area contributed by atoms with Gasteiger partial charge in [-0.3, -0.25) is 0 Å². The van der Waals surface area contributed by atoms with Crippen molar-refractivity contribution in [1.29, 1.82) is 5.26 Å². The Hall–Kier alpha value is -1.20. The van der Waals surface area contributed by atoms with Gasteiger partial charge in [0, 0.05) is 5.02 Å². The smallest absolute Gasteiger partial charge is 0.102 e. The zero-order valence-corrected chi connectivity index (χ0v) is 9.31. The largest absolute Gasteiger partial charge is 0.397 e. The van der Waals surface area contributed by atoms with Crippen LogP contribution >= 0.6 is 11.6 Å². The van der Waals surface area contributed by atoms with Gasteiger partial charge in [-0.15, -0.1) is 0 Å². The Balaban J connectivity index is 3.57. The first kappa shape index (κ1) is 10.9. The molecular weight excluding hydrogens is 196 g/mol. The van der Waals surface area contributed by atoms with Crippen LogP contribution in [0.3, 0.4) is 0 Å². The number of benzene rings is 1. The predicted octanol–water partition coefficient (Wildman–Crippen LogP) is 3.23. The number of halogens is 1. The molecule has 0 aromatic heterocycles. The summed E-state index contributed by atoms with van der Waals surface area (Å²) in [5, 5.41) is 9.64. The molecule has 0 heterocycles. The maximum atomic E-state index is 9.01. The van der Waals surface area contributed by atoms with Crippen LogP contribution in [0.15, 0.2) is 6.07 Å². The summed E-state index contributed by atoms with van der Waals surface area (Å²) in [5.41, 5.74) is 8.58. The number of nitriles is 1. The van der Waals surface area contributed by atoms with Gasteiger partial charge in [0.1, 0.15) is 6.07 Å². The van der Waals surface area contributed by atoms with Gasteiger partial charge in [0.25, 0.3) is 0 Å². The van der Waals surface area contributed by atoms with E-state index < -0.39 is 0 Å². The standard InChI is InChI=1S/C11H13ClN2/c1-6(2)10-8(5-13)11(14)7(3)4-9(10)12/h4,6H,14H2,1-3H3. The van der Waals surface area contributed by atoms with Crippen LogP contribution in [0.4, 0.5) is 5.69 Å². The molecule has 0 aliphatic rings. The first-order chi connectivity index (χ1) is 6.49. The number of anilines is 1. The van der Waals surface area contributed by atoms with Crippen LogP contribution in [0.5, 0.6) is 0 Å². The van der Waals surface area contributed by atoms with Crippen molar-refractivity contribution in [3.8, 4) is 6.07 Å². The highest BCUT2D eigenvalue weighted by molar-refractivity contribution is 6.31. The maximum absolute atomic E-state index is 9.01. The molecule has 74 valence electrons. The molecule has 0 atom stereocenters. The Kier molecular flexibility index (Phi) is 3.03. The fraction of sp³-hybridized carbons (Fsp3) is 0.364. The second-order valence-electron chi connectivity index (χ2n) is 3.64. The Morgan fingerprint density at radius 2 is 2.07 bits per heavy atom. The third kappa shape index (κ3) is 1.69. The van der Waals surface area contributed by atoms with E-state index in [9.17, 15) is 0 Å². The van der Waals surface area contributed by atoms with Crippen LogP contribution in [0.2, 0.25) is 5.02 Å². The average Bonchev–Trinajstić information content (AvgIpc) is 2.09. The van der Waals surface area contributed by atoms with Crippen LogP contribution in [-0.4, -0.2) is 0 Å². The van der Waals surface area contributed by atoms with Gasteiger partial charge in [0.15, 0.2) is 0 Å². The molecule has 1 aromatic rings. The highest BCUT2D eigenvalue weighted by atomic mass is 35.5. The molecule has 0 bridgehead atoms. The third-order valence-corrected chi connectivity index (χ3v) is 2.57. The van der Waals surface area contributed by atoms with Gasteiger partial charge in [-0.1, -0.05) is 25.4 Å². The van der Waals surface area contributed by atoms with E-state index in [-0.39, 0.29) is 5.92 Å². The lowest BCUT2D eigenvalue weighted by Gasteiger charge is -2.14. The predicted molar refractivity (Wildman–Crippen MR) is 59.4 cm³/mol. The molecule has 0 radical (unpaired) electrons. The summed E-state index contributed by atoms with van der Waals surface area (Å²) in [4.78, 5) is 0. The molecule has 1 aromatic carbocycles. The molecule has 2 nitrogen and oxygen atoms in total. The summed E-state index contributed by atoms with van der Waals surface area (Å²) in [6.07, 6.45) is 0. The van der Waals surface area contributed by atoms with E-state index in [1.165, 1.54) is 0 Å². The van der Waals surface area contributed by atoms with Crippen molar-refractivity contribution in [2.75, 3.05) is 5.73 Å². The zero-order valence-electron chi connectivity index (χ0n) is 8.56. The van der Waals surface area contributed by atoms with Crippen molar-refractivity contribution in [1.82, 2.24) is 0 Å². The van der Waals surface area contributed by atoms with Gasteiger partial charge in [0.2, 0.25) is 0 Å². The zero-order chi connectivity index (χ0) is 10.9. The minimum Gasteiger partial charge on any atom is -0.397 e. The van der Waals surface area contributed by atoms with Crippen LogP contribution in [-0.2, 0) is 0 Å². The Morgan fingerprint density at radius 3 is 2.50 bits per heavy atom. The van der Waals surface area contributed by atoms with E-state index in [0.29, 0.717) is 16.3 Å². The summed E-state index contributed by atoms with van der Waals surface area (Å²) >= 11 is 6.07. The molecule has 0 saturated carbocycles. The fourth-order valence-electron chi connectivity index (χ4n) is 1.49. The van der Waals surface area contributed by atoms with Crippen molar-refractivity contribution in [2.24, 2.45) is 0 Å². The summed E-state index contributed by atoms with van der Waals surface area (Å²) in [6.45, 7) is 5.85. The number of hydrogen-bond acceptors (Lipinski definition) is 2. The number of aryl methyl sites for hydroxylation is 1. The van der Waals surface area contributed by atoms with Crippen molar-refractivity contribution in [2.45, 2.75) is 26.7 Å². The monoisotopic (exact) mass is 208 g/mol. The van der Waals surface area contributed by atoms with E-state index in [2.05, 4.69) is 6.07 Å². The first-order valence-corrected chi connectivity index (χ1v) is 4.85. The van der Waals surface area contributed by atoms with E-state index in [0.717, 1.165) is 11.1 Å². The van der Waals surface area contributed by atoms with Crippen LogP contribution in [0.25, 0.3) is 0 Å². The lowest BCUT2D eigenvalue weighted by atomic mass is 9.94. The quantitative estimate of drug-likeness (QED) is 0.721. The molecule has 2 N–H and O–H groups in total. The fourth-order valence-corrected chi connectivity index (χ4v) is 1.97. The van der Waals surface area contributed by atoms with Crippen LogP contribution in [0.1, 0.15) is 36.5 Å². The van der Waals surface area contributed by atoms with Crippen molar-refractivity contribution < 1.29 is 0 Å². The Morgan fingerprint density at radius 1 is 1.50 bits per heavy atom. The second kappa shape index (κ2) is 3.89. The highest BCUT2D eigenvalue weighted by Crippen LogP contribution is 2.33. The molecular formula is C11H13ClN2. The summed E-state index contributed by atoms with van der Waals surface area (Å²) in [6, 6.07) is 3.93. The van der Waals surface area contributed by atoms with Crippen molar-refractivity contribution in [3.05, 3.63) is 27.8 Å². The lowest BCUT2D eigenvalue weighted by molar-refractivity contribution is 0.863. The normalized spacial score (nSPS) is 10.3. The third-order valence-electron chi connectivity index (χ3n) is 2.25. The molecule has 3 heteroatoms. The average molecular weight is 209 g/mol. The number of nitrogens with two attached hydrogens (primary N) is 1. The first-order valence-electron chi connectivity index (χ1n) is 4.47. The number of rotatable bonds is 1. The van der Waals surface area contributed by atoms with Gasteiger partial charge in [-0.05, 0) is 30.0 Å². The summed E-state index contributed by atoms with van der Waals surface area (Å²) < 4.78 is 0. The molecule has 0 spiro atoms. The summed E-state index contributed by atoms with van der Waals surface area (Å²) in [5.74, 6) is 0.208. The van der Waals surface area contributed by atoms with Gasteiger partial charge in [0.05, 0.1) is 11.3 Å². The molecule has 0 aliphatic heterocycles. The molecule has 0 amide bonds. The minimum absolute atomic E-state index is 0.208. The van der Waals surface area contributed by atoms with Gasteiger partial charge in [-0.25, -0.2) is 0 Å². The molecule has 0 saturated heterocycles. The molecule has 0 aliphatic carbocycles. The minimum atomic E-state index is 0.208. The van der Waals surface area contributed by atoms with Crippen molar-refractivity contribution in [3.63, 3.8) is 0 Å². The number of nitrogens with zero attached hydrogens (tertiary/aromatic N) is 1. The Labute approximate surface area is 89.3 Å². The van der Waals surface area contributed by atoms with Gasteiger partial charge < -0.3 is 5.73 Å². The van der Waals surface area contributed by atoms with Crippen LogP contribution in [0, 0.1) is 18.3 Å². The van der Waals surface area contributed by atoms with Gasteiger partial charge in [-0.2, -0.15) is 5.26 Å². The van der Waals surface area contributed by atoms with E-state index in [1.807, 2.05) is 26.8 Å². The molecule has 0 unspecified atom stereocenters. The van der Waals surface area contributed by atoms with E-state index >= 15 is 0 Å². The number of hydrogen-bond donors (Lipinski definition) is 1. The SMILES string of the molecule is Cc1cc(Cl)c(C(C)C)c(C#N)c1N. The molecule has 14 heavy (non-hydrogen) atoms. The second-order valence-corrected chi connectivity index (χ2v) is 4.05. The van der Waals surface area contributed by atoms with E-state index in [1.54, 1.807) is 0 Å². The Bertz CT molecular complexity index is 403. The van der Waals surface area contributed by atoms with Crippen LogP contribution < -0.4 is 5.73 Å².